The lowest BCUT2D eigenvalue weighted by atomic mass is 9.99. The minimum Gasteiger partial charge on any atom is -0.310 e. The molecule has 0 aliphatic heterocycles. The average Bonchev–Trinajstić information content (AvgIpc) is 3.87. The average molecular weight is 714 g/mol. The lowest BCUT2D eigenvalue weighted by Gasteiger charge is -2.26. The molecule has 7 aromatic carbocycles. The molecule has 7 aromatic rings. The molecule has 0 atom stereocenters. The number of aryl methyl sites for hydroxylation is 4. The summed E-state index contributed by atoms with van der Waals surface area (Å²) in [5.74, 6) is 0. The molecule has 0 saturated heterocycles. The van der Waals surface area contributed by atoms with Gasteiger partial charge in [-0.15, -0.1) is 0 Å². The summed E-state index contributed by atoms with van der Waals surface area (Å²) in [7, 11) is 0. The quantitative estimate of drug-likeness (QED) is 0.155. The maximum absolute atomic E-state index is 6.28. The van der Waals surface area contributed by atoms with Crippen LogP contribution in [0.15, 0.2) is 158 Å². The van der Waals surface area contributed by atoms with Crippen molar-refractivity contribution in [2.75, 3.05) is 9.80 Å². The van der Waals surface area contributed by atoms with Crippen LogP contribution in [0.4, 0.5) is 34.1 Å². The van der Waals surface area contributed by atoms with Gasteiger partial charge in [-0.05, 0) is 180 Å². The molecule has 0 saturated carbocycles. The molecule has 254 valence electrons. The van der Waals surface area contributed by atoms with Gasteiger partial charge in [0, 0.05) is 44.2 Å². The van der Waals surface area contributed by atoms with Crippen LogP contribution in [0.25, 0.3) is 22.3 Å². The van der Waals surface area contributed by atoms with Gasteiger partial charge in [-0.2, -0.15) is 0 Å². The van der Waals surface area contributed by atoms with Gasteiger partial charge in [0.2, 0.25) is 0 Å². The van der Waals surface area contributed by atoms with Crippen molar-refractivity contribution in [2.45, 2.75) is 38.5 Å². The topological polar surface area (TPSA) is 6.48 Å². The molecule has 2 aliphatic rings. The molecule has 0 radical (unpaired) electrons. The highest BCUT2D eigenvalue weighted by Crippen LogP contribution is 2.40. The molecule has 0 amide bonds. The van der Waals surface area contributed by atoms with Crippen LogP contribution in [0.5, 0.6) is 0 Å². The molecule has 0 fully saturated rings. The van der Waals surface area contributed by atoms with Crippen molar-refractivity contribution in [3.8, 4) is 22.3 Å². The second-order valence-electron chi connectivity index (χ2n) is 13.9. The fraction of sp³-hybridized carbons (Fsp3) is 0.125. The fourth-order valence-electron chi connectivity index (χ4n) is 7.93. The molecular formula is C48H38Cl2N2. The Morgan fingerprint density at radius 1 is 0.288 bits per heavy atom. The molecule has 0 unspecified atom stereocenters. The second-order valence-corrected chi connectivity index (χ2v) is 14.8. The second kappa shape index (κ2) is 14.0. The lowest BCUT2D eigenvalue weighted by Crippen LogP contribution is -2.10. The molecule has 2 aliphatic carbocycles. The summed E-state index contributed by atoms with van der Waals surface area (Å²) in [6.07, 6.45) is 7.11. The van der Waals surface area contributed by atoms with E-state index in [1.807, 2.05) is 24.3 Å². The first-order valence-electron chi connectivity index (χ1n) is 18.2. The van der Waals surface area contributed by atoms with Gasteiger partial charge in [-0.3, -0.25) is 0 Å². The Labute approximate surface area is 316 Å². The van der Waals surface area contributed by atoms with Crippen LogP contribution >= 0.6 is 23.2 Å². The van der Waals surface area contributed by atoms with E-state index in [-0.39, 0.29) is 0 Å². The number of hydrogen-bond donors (Lipinski definition) is 0. The summed E-state index contributed by atoms with van der Waals surface area (Å²) < 4.78 is 0. The van der Waals surface area contributed by atoms with Crippen LogP contribution in [-0.2, 0) is 25.7 Å². The third-order valence-corrected chi connectivity index (χ3v) is 11.2. The number of rotatable bonds is 8. The summed E-state index contributed by atoms with van der Waals surface area (Å²) >= 11 is 12.6. The van der Waals surface area contributed by atoms with Gasteiger partial charge in [0.05, 0.1) is 0 Å². The van der Waals surface area contributed by atoms with Gasteiger partial charge < -0.3 is 9.80 Å². The maximum atomic E-state index is 6.28. The van der Waals surface area contributed by atoms with E-state index in [1.165, 1.54) is 81.6 Å². The molecule has 0 N–H and O–H groups in total. The van der Waals surface area contributed by atoms with E-state index in [4.69, 9.17) is 23.2 Å². The minimum absolute atomic E-state index is 0.738. The third-order valence-electron chi connectivity index (χ3n) is 10.7. The zero-order valence-electron chi connectivity index (χ0n) is 28.9. The Kier molecular flexibility index (Phi) is 8.80. The van der Waals surface area contributed by atoms with E-state index in [1.54, 1.807) is 0 Å². The molecule has 52 heavy (non-hydrogen) atoms. The number of benzene rings is 7. The minimum atomic E-state index is 0.738. The molecule has 0 aromatic heterocycles. The zero-order valence-corrected chi connectivity index (χ0v) is 30.4. The van der Waals surface area contributed by atoms with E-state index in [9.17, 15) is 0 Å². The third kappa shape index (κ3) is 6.50. The molecule has 0 heterocycles. The highest BCUT2D eigenvalue weighted by molar-refractivity contribution is 6.31. The van der Waals surface area contributed by atoms with Gasteiger partial charge >= 0.3 is 0 Å². The molecular weight excluding hydrogens is 675 g/mol. The van der Waals surface area contributed by atoms with Gasteiger partial charge in [0.25, 0.3) is 0 Å². The molecule has 2 nitrogen and oxygen atoms in total. The number of nitrogens with zero attached hydrogens (tertiary/aromatic N) is 2. The Morgan fingerprint density at radius 2 is 0.558 bits per heavy atom. The normalized spacial score (nSPS) is 13.1. The van der Waals surface area contributed by atoms with Crippen LogP contribution < -0.4 is 9.80 Å². The first-order valence-corrected chi connectivity index (χ1v) is 19.0. The van der Waals surface area contributed by atoms with E-state index >= 15 is 0 Å². The number of hydrogen-bond acceptors (Lipinski definition) is 2. The molecule has 0 spiro atoms. The van der Waals surface area contributed by atoms with E-state index < -0.39 is 0 Å². The first-order chi connectivity index (χ1) is 25.6. The smallest absolute Gasteiger partial charge is 0.0464 e. The number of fused-ring (bicyclic) bond motifs is 2. The fourth-order valence-corrected chi connectivity index (χ4v) is 8.18. The van der Waals surface area contributed by atoms with Crippen molar-refractivity contribution in [3.05, 3.63) is 190 Å². The zero-order chi connectivity index (χ0) is 35.0. The van der Waals surface area contributed by atoms with E-state index in [0.29, 0.717) is 0 Å². The molecule has 9 rings (SSSR count). The SMILES string of the molecule is Clc1ccc(N(c2ccc(-c3ccc(-c4ccc(N(c5ccc(Cl)cc5)c5ccc6c(c5)CCC6)cc4)cc3)cc2)c2ccc3c(c2)CCC3)cc1. The van der Waals surface area contributed by atoms with Crippen LogP contribution in [0.2, 0.25) is 10.0 Å². The Bertz CT molecular complexity index is 2180. The summed E-state index contributed by atoms with van der Waals surface area (Å²) in [5.41, 5.74) is 17.4. The van der Waals surface area contributed by atoms with Gasteiger partial charge in [-0.1, -0.05) is 83.9 Å². The van der Waals surface area contributed by atoms with Gasteiger partial charge in [0.1, 0.15) is 0 Å². The number of halogens is 2. The Hall–Kier alpha value is -5.28. The summed E-state index contributed by atoms with van der Waals surface area (Å²) in [6, 6.07) is 56.7. The van der Waals surface area contributed by atoms with Crippen molar-refractivity contribution >= 4 is 57.3 Å². The largest absolute Gasteiger partial charge is 0.310 e. The van der Waals surface area contributed by atoms with E-state index in [2.05, 4.69) is 143 Å². The highest BCUT2D eigenvalue weighted by Gasteiger charge is 2.19. The Morgan fingerprint density at radius 3 is 0.904 bits per heavy atom. The lowest BCUT2D eigenvalue weighted by molar-refractivity contribution is 0.911. The van der Waals surface area contributed by atoms with Crippen molar-refractivity contribution in [1.29, 1.82) is 0 Å². The van der Waals surface area contributed by atoms with Crippen molar-refractivity contribution in [2.24, 2.45) is 0 Å². The highest BCUT2D eigenvalue weighted by atomic mass is 35.5. The molecule has 4 heteroatoms. The predicted molar refractivity (Wildman–Crippen MR) is 221 cm³/mol. The Balaban J connectivity index is 0.971. The van der Waals surface area contributed by atoms with Crippen LogP contribution in [0, 0.1) is 0 Å². The van der Waals surface area contributed by atoms with Crippen molar-refractivity contribution < 1.29 is 0 Å². The molecule has 0 bridgehead atoms. The summed E-state index contributed by atoms with van der Waals surface area (Å²) in [5, 5.41) is 1.48. The maximum Gasteiger partial charge on any atom is 0.0464 e. The monoisotopic (exact) mass is 712 g/mol. The van der Waals surface area contributed by atoms with Crippen molar-refractivity contribution in [1.82, 2.24) is 0 Å². The van der Waals surface area contributed by atoms with Gasteiger partial charge in [-0.25, -0.2) is 0 Å². The predicted octanol–water partition coefficient (Wildman–Crippen LogP) is 14.2. The summed E-state index contributed by atoms with van der Waals surface area (Å²) in [6.45, 7) is 0. The van der Waals surface area contributed by atoms with Crippen LogP contribution in [0.3, 0.4) is 0 Å². The van der Waals surface area contributed by atoms with Crippen LogP contribution in [0.1, 0.15) is 35.1 Å². The van der Waals surface area contributed by atoms with E-state index in [0.717, 1.165) is 45.6 Å². The van der Waals surface area contributed by atoms with Crippen molar-refractivity contribution in [3.63, 3.8) is 0 Å². The van der Waals surface area contributed by atoms with Crippen LogP contribution in [-0.4, -0.2) is 0 Å². The first kappa shape index (κ1) is 32.6. The standard InChI is InChI=1S/C48H38Cl2N2/c49-41-17-27-45(28-18-41)51(47-25-15-33-3-1-5-39(33)31-47)43-21-11-37(12-22-43)35-7-9-36(10-8-35)38-13-23-44(24-14-38)52(46-29-19-42(50)20-30-46)48-26-16-34-4-2-6-40(34)32-48/h7-32H,1-6H2. The van der Waals surface area contributed by atoms with Gasteiger partial charge in [0.15, 0.2) is 0 Å². The number of anilines is 6. The summed E-state index contributed by atoms with van der Waals surface area (Å²) in [4.78, 5) is 4.65.